The van der Waals surface area contributed by atoms with Gasteiger partial charge in [-0.1, -0.05) is 60.7 Å². The lowest BCUT2D eigenvalue weighted by Crippen LogP contribution is -2.34. The molecule has 5 aromatic rings. The largest absolute Gasteiger partial charge is 0.473 e. The van der Waals surface area contributed by atoms with Gasteiger partial charge in [-0.3, -0.25) is 14.9 Å². The number of nitrogens with one attached hydrogen (secondary N) is 1. The molecule has 9 heteroatoms. The van der Waals surface area contributed by atoms with E-state index in [4.69, 9.17) is 13.9 Å². The van der Waals surface area contributed by atoms with Crippen molar-refractivity contribution >= 4 is 49.5 Å². The SMILES string of the molecule is CCOC(=O)c1ccc2nc(NC(=O)C(CC)Oc3c(-c4ccccc4)oc4ccccc4c3=O)sc2c1. The Kier molecular flexibility index (Phi) is 7.19. The normalized spacial score (nSPS) is 11.8. The first-order valence-electron chi connectivity index (χ1n) is 12.1. The smallest absolute Gasteiger partial charge is 0.338 e. The highest BCUT2D eigenvalue weighted by Crippen LogP contribution is 2.32. The van der Waals surface area contributed by atoms with Crippen molar-refractivity contribution in [2.45, 2.75) is 26.4 Å². The number of esters is 1. The van der Waals surface area contributed by atoms with Gasteiger partial charge in [-0.2, -0.15) is 0 Å². The summed E-state index contributed by atoms with van der Waals surface area (Å²) in [7, 11) is 0. The number of ether oxygens (including phenoxy) is 2. The zero-order valence-electron chi connectivity index (χ0n) is 20.7. The van der Waals surface area contributed by atoms with Crippen LogP contribution >= 0.6 is 11.3 Å². The Morgan fingerprint density at radius 1 is 1.03 bits per heavy atom. The number of benzene rings is 3. The first-order chi connectivity index (χ1) is 18.5. The molecule has 1 atom stereocenters. The molecular formula is C29H24N2O6S. The Bertz CT molecular complexity index is 1690. The van der Waals surface area contributed by atoms with Gasteiger partial charge in [0.15, 0.2) is 17.0 Å². The van der Waals surface area contributed by atoms with Gasteiger partial charge >= 0.3 is 5.97 Å². The minimum absolute atomic E-state index is 0.0275. The summed E-state index contributed by atoms with van der Waals surface area (Å²) in [4.78, 5) is 43.2. The Morgan fingerprint density at radius 3 is 2.55 bits per heavy atom. The second-order valence-electron chi connectivity index (χ2n) is 8.38. The summed E-state index contributed by atoms with van der Waals surface area (Å²) >= 11 is 1.23. The number of carbonyl (C=O) groups excluding carboxylic acids is 2. The van der Waals surface area contributed by atoms with Crippen molar-refractivity contribution in [3.63, 3.8) is 0 Å². The first kappa shape index (κ1) is 25.2. The molecule has 5 rings (SSSR count). The van der Waals surface area contributed by atoms with E-state index < -0.39 is 18.0 Å². The summed E-state index contributed by atoms with van der Waals surface area (Å²) in [5.74, 6) is -0.646. The average molecular weight is 529 g/mol. The maximum Gasteiger partial charge on any atom is 0.338 e. The van der Waals surface area contributed by atoms with E-state index >= 15 is 0 Å². The van der Waals surface area contributed by atoms with Crippen molar-refractivity contribution in [2.24, 2.45) is 0 Å². The van der Waals surface area contributed by atoms with Crippen molar-refractivity contribution in [2.75, 3.05) is 11.9 Å². The van der Waals surface area contributed by atoms with E-state index in [-0.39, 0.29) is 23.5 Å². The summed E-state index contributed by atoms with van der Waals surface area (Å²) < 4.78 is 17.9. The monoisotopic (exact) mass is 528 g/mol. The molecule has 2 aromatic heterocycles. The lowest BCUT2D eigenvalue weighted by atomic mass is 10.1. The van der Waals surface area contributed by atoms with E-state index in [9.17, 15) is 14.4 Å². The second kappa shape index (κ2) is 10.9. The Balaban J connectivity index is 1.44. The molecule has 0 aliphatic heterocycles. The van der Waals surface area contributed by atoms with Gasteiger partial charge in [0, 0.05) is 5.56 Å². The molecule has 3 aromatic carbocycles. The van der Waals surface area contributed by atoms with Gasteiger partial charge in [0.2, 0.25) is 11.2 Å². The van der Waals surface area contributed by atoms with Crippen molar-refractivity contribution in [1.29, 1.82) is 0 Å². The quantitative estimate of drug-likeness (QED) is 0.245. The maximum atomic E-state index is 13.4. The number of carbonyl (C=O) groups is 2. The molecule has 1 amide bonds. The van der Waals surface area contributed by atoms with Crippen LogP contribution in [0.15, 0.2) is 82.0 Å². The second-order valence-corrected chi connectivity index (χ2v) is 9.41. The number of nitrogens with zero attached hydrogens (tertiary/aromatic N) is 1. The number of thiazole rings is 1. The van der Waals surface area contributed by atoms with Crippen LogP contribution in [0.25, 0.3) is 32.5 Å². The van der Waals surface area contributed by atoms with Crippen LogP contribution in [0.1, 0.15) is 30.6 Å². The highest BCUT2D eigenvalue weighted by atomic mass is 32.1. The van der Waals surface area contributed by atoms with Crippen LogP contribution in [0.3, 0.4) is 0 Å². The summed E-state index contributed by atoms with van der Waals surface area (Å²) in [6.45, 7) is 3.81. The molecule has 0 bridgehead atoms. The number of anilines is 1. The van der Waals surface area contributed by atoms with Crippen molar-refractivity contribution < 1.29 is 23.5 Å². The average Bonchev–Trinajstić information content (AvgIpc) is 3.34. The summed E-state index contributed by atoms with van der Waals surface area (Å²) in [6, 6.07) is 21.1. The number of rotatable bonds is 8. The molecule has 8 nitrogen and oxygen atoms in total. The van der Waals surface area contributed by atoms with Crippen molar-refractivity contribution in [3.8, 4) is 17.1 Å². The van der Waals surface area contributed by atoms with Gasteiger partial charge in [-0.15, -0.1) is 0 Å². The van der Waals surface area contributed by atoms with Gasteiger partial charge in [0.1, 0.15) is 5.58 Å². The lowest BCUT2D eigenvalue weighted by Gasteiger charge is -2.18. The molecule has 1 unspecified atom stereocenters. The Labute approximate surface area is 221 Å². The van der Waals surface area contributed by atoms with Gasteiger partial charge in [0.05, 0.1) is 27.8 Å². The fraction of sp³-hybridized carbons (Fsp3) is 0.172. The molecular weight excluding hydrogens is 504 g/mol. The van der Waals surface area contributed by atoms with Crippen molar-refractivity contribution in [3.05, 3.63) is 88.6 Å². The number of fused-ring (bicyclic) bond motifs is 2. The fourth-order valence-corrected chi connectivity index (χ4v) is 4.89. The van der Waals surface area contributed by atoms with Gasteiger partial charge < -0.3 is 13.9 Å². The third-order valence-electron chi connectivity index (χ3n) is 5.85. The van der Waals surface area contributed by atoms with E-state index in [2.05, 4.69) is 10.3 Å². The van der Waals surface area contributed by atoms with Crippen LogP contribution in [0.4, 0.5) is 5.13 Å². The molecule has 0 fully saturated rings. The minimum Gasteiger partial charge on any atom is -0.473 e. The van der Waals surface area contributed by atoms with Gasteiger partial charge in [-0.25, -0.2) is 9.78 Å². The molecule has 0 saturated carbocycles. The first-order valence-corrected chi connectivity index (χ1v) is 13.0. The van der Waals surface area contributed by atoms with Crippen molar-refractivity contribution in [1.82, 2.24) is 4.98 Å². The van der Waals surface area contributed by atoms with Crippen LogP contribution in [-0.2, 0) is 9.53 Å². The van der Waals surface area contributed by atoms with Gasteiger partial charge in [-0.05, 0) is 43.7 Å². The van der Waals surface area contributed by atoms with E-state index in [0.29, 0.717) is 39.2 Å². The molecule has 1 N–H and O–H groups in total. The highest BCUT2D eigenvalue weighted by Gasteiger charge is 2.25. The van der Waals surface area contributed by atoms with E-state index in [0.717, 1.165) is 4.70 Å². The topological polar surface area (TPSA) is 108 Å². The molecule has 0 saturated heterocycles. The number of hydrogen-bond acceptors (Lipinski definition) is 8. The van der Waals surface area contributed by atoms with Crippen LogP contribution in [0, 0.1) is 0 Å². The molecule has 0 aliphatic rings. The third kappa shape index (κ3) is 5.01. The molecule has 192 valence electrons. The predicted molar refractivity (Wildman–Crippen MR) is 147 cm³/mol. The summed E-state index contributed by atoms with van der Waals surface area (Å²) in [5, 5.41) is 3.50. The maximum absolute atomic E-state index is 13.4. The van der Waals surface area contributed by atoms with Crippen LogP contribution in [0.2, 0.25) is 0 Å². The zero-order chi connectivity index (χ0) is 26.6. The Morgan fingerprint density at radius 2 is 1.79 bits per heavy atom. The number of hydrogen-bond donors (Lipinski definition) is 1. The summed E-state index contributed by atoms with van der Waals surface area (Å²) in [6.07, 6.45) is -0.687. The Hall–Kier alpha value is -4.50. The fourth-order valence-electron chi connectivity index (χ4n) is 3.98. The number of para-hydroxylation sites is 1. The van der Waals surface area contributed by atoms with Gasteiger partial charge in [0.25, 0.3) is 5.91 Å². The van der Waals surface area contributed by atoms with E-state index in [1.807, 2.05) is 30.3 Å². The number of aromatic nitrogens is 1. The van der Waals surface area contributed by atoms with Crippen LogP contribution in [0.5, 0.6) is 5.75 Å². The third-order valence-corrected chi connectivity index (χ3v) is 6.78. The lowest BCUT2D eigenvalue weighted by molar-refractivity contribution is -0.122. The summed E-state index contributed by atoms with van der Waals surface area (Å²) in [5.41, 5.74) is 1.77. The molecule has 0 spiro atoms. The van der Waals surface area contributed by atoms with Crippen LogP contribution < -0.4 is 15.5 Å². The van der Waals surface area contributed by atoms with Crippen LogP contribution in [-0.4, -0.2) is 29.6 Å². The standard InChI is InChI=1S/C29H24N2O6S/c1-3-21(27(33)31-29-30-20-15-14-18(16-23(20)38-29)28(34)35-4-2)36-26-24(32)19-12-8-9-13-22(19)37-25(26)17-10-6-5-7-11-17/h5-16,21H,3-4H2,1-2H3,(H,30,31,33). The minimum atomic E-state index is -0.983. The van der Waals surface area contributed by atoms with E-state index in [1.54, 1.807) is 56.3 Å². The molecule has 2 heterocycles. The molecule has 38 heavy (non-hydrogen) atoms. The predicted octanol–water partition coefficient (Wildman–Crippen LogP) is 6.04. The molecule has 0 radical (unpaired) electrons. The molecule has 0 aliphatic carbocycles. The number of amides is 1. The van der Waals surface area contributed by atoms with E-state index in [1.165, 1.54) is 11.3 Å². The zero-order valence-corrected chi connectivity index (χ0v) is 21.5. The highest BCUT2D eigenvalue weighted by molar-refractivity contribution is 7.22.